The lowest BCUT2D eigenvalue weighted by atomic mass is 9.66. The van der Waals surface area contributed by atoms with E-state index in [1.807, 2.05) is 30.3 Å². The molecular weight excluding hydrogens is 290 g/mol. The Morgan fingerprint density at radius 3 is 2.48 bits per heavy atom. The molecule has 1 fully saturated rings. The SMILES string of the molecule is CC1(C)[C@@H](OCCOc2cccnc2)O[C@@]1(C)c1ccccc1. The molecule has 0 aliphatic carbocycles. The van der Waals surface area contributed by atoms with Crippen LogP contribution in [0.3, 0.4) is 0 Å². The third-order valence-electron chi connectivity index (χ3n) is 4.74. The summed E-state index contributed by atoms with van der Waals surface area (Å²) in [6.07, 6.45) is 3.18. The highest BCUT2D eigenvalue weighted by Crippen LogP contribution is 2.56. The zero-order valence-corrected chi connectivity index (χ0v) is 13.9. The monoisotopic (exact) mass is 313 g/mol. The van der Waals surface area contributed by atoms with Crippen molar-refractivity contribution in [2.24, 2.45) is 5.41 Å². The Balaban J connectivity index is 1.51. The van der Waals surface area contributed by atoms with E-state index in [1.165, 1.54) is 5.56 Å². The summed E-state index contributed by atoms with van der Waals surface area (Å²) in [6, 6.07) is 14.0. The van der Waals surface area contributed by atoms with Crippen LogP contribution in [0.1, 0.15) is 26.3 Å². The molecule has 23 heavy (non-hydrogen) atoms. The van der Waals surface area contributed by atoms with E-state index in [9.17, 15) is 0 Å². The lowest BCUT2D eigenvalue weighted by Gasteiger charge is -2.59. The first kappa shape index (κ1) is 16.0. The van der Waals surface area contributed by atoms with Crippen LogP contribution in [0, 0.1) is 5.41 Å². The molecule has 3 rings (SSSR count). The highest BCUT2D eigenvalue weighted by molar-refractivity contribution is 5.27. The smallest absolute Gasteiger partial charge is 0.167 e. The van der Waals surface area contributed by atoms with Gasteiger partial charge < -0.3 is 14.2 Å². The normalized spacial score (nSPS) is 25.6. The number of ether oxygens (including phenoxy) is 3. The molecule has 1 aromatic carbocycles. The number of aromatic nitrogens is 1. The van der Waals surface area contributed by atoms with E-state index >= 15 is 0 Å². The summed E-state index contributed by atoms with van der Waals surface area (Å²) in [4.78, 5) is 4.01. The summed E-state index contributed by atoms with van der Waals surface area (Å²) < 4.78 is 17.5. The molecule has 0 N–H and O–H groups in total. The predicted octanol–water partition coefficient (Wildman–Crippen LogP) is 3.77. The van der Waals surface area contributed by atoms with Crippen LogP contribution in [0.2, 0.25) is 0 Å². The first-order valence-electron chi connectivity index (χ1n) is 7.92. The molecule has 0 saturated carbocycles. The van der Waals surface area contributed by atoms with E-state index in [4.69, 9.17) is 14.2 Å². The Morgan fingerprint density at radius 1 is 1.04 bits per heavy atom. The summed E-state index contributed by atoms with van der Waals surface area (Å²) >= 11 is 0. The average Bonchev–Trinajstić information content (AvgIpc) is 2.59. The Hall–Kier alpha value is -1.91. The first-order valence-corrected chi connectivity index (χ1v) is 7.92. The van der Waals surface area contributed by atoms with E-state index in [0.29, 0.717) is 13.2 Å². The molecule has 1 saturated heterocycles. The largest absolute Gasteiger partial charge is 0.490 e. The highest BCUT2D eigenvalue weighted by atomic mass is 16.7. The number of rotatable bonds is 6. The number of nitrogens with zero attached hydrogens (tertiary/aromatic N) is 1. The molecule has 1 aliphatic rings. The van der Waals surface area contributed by atoms with Crippen LogP contribution >= 0.6 is 0 Å². The molecule has 4 nitrogen and oxygen atoms in total. The van der Waals surface area contributed by atoms with Crippen molar-refractivity contribution in [2.75, 3.05) is 13.2 Å². The van der Waals surface area contributed by atoms with Gasteiger partial charge in [-0.2, -0.15) is 0 Å². The van der Waals surface area contributed by atoms with Gasteiger partial charge in [-0.05, 0) is 24.6 Å². The average molecular weight is 313 g/mol. The molecule has 2 atom stereocenters. The van der Waals surface area contributed by atoms with Gasteiger partial charge in [-0.3, -0.25) is 4.98 Å². The molecule has 1 aromatic heterocycles. The predicted molar refractivity (Wildman–Crippen MR) is 88.1 cm³/mol. The van der Waals surface area contributed by atoms with Crippen molar-refractivity contribution < 1.29 is 14.2 Å². The van der Waals surface area contributed by atoms with Crippen molar-refractivity contribution >= 4 is 0 Å². The van der Waals surface area contributed by atoms with Crippen molar-refractivity contribution in [2.45, 2.75) is 32.7 Å². The topological polar surface area (TPSA) is 40.6 Å². The number of benzene rings is 1. The van der Waals surface area contributed by atoms with Crippen molar-refractivity contribution in [3.8, 4) is 5.75 Å². The van der Waals surface area contributed by atoms with Crippen molar-refractivity contribution in [3.05, 3.63) is 60.4 Å². The van der Waals surface area contributed by atoms with Gasteiger partial charge in [0, 0.05) is 11.6 Å². The van der Waals surface area contributed by atoms with Gasteiger partial charge in [0.2, 0.25) is 0 Å². The second-order valence-electron chi connectivity index (χ2n) is 6.48. The van der Waals surface area contributed by atoms with Gasteiger partial charge in [-0.15, -0.1) is 0 Å². The van der Waals surface area contributed by atoms with E-state index in [0.717, 1.165) is 5.75 Å². The standard InChI is InChI=1S/C19H23NO3/c1-18(2)17(22-13-12-21-16-10-7-11-20-14-16)23-19(18,3)15-8-5-4-6-9-15/h4-11,14,17H,12-13H2,1-3H3/t17-,19-/m0/s1. The van der Waals surface area contributed by atoms with Crippen LogP contribution in [-0.2, 0) is 15.1 Å². The minimum Gasteiger partial charge on any atom is -0.490 e. The molecule has 0 spiro atoms. The van der Waals surface area contributed by atoms with E-state index in [2.05, 4.69) is 37.9 Å². The summed E-state index contributed by atoms with van der Waals surface area (Å²) in [5.41, 5.74) is 0.739. The quantitative estimate of drug-likeness (QED) is 0.761. The molecule has 0 bridgehead atoms. The van der Waals surface area contributed by atoms with Crippen molar-refractivity contribution in [1.29, 1.82) is 0 Å². The zero-order chi connectivity index (χ0) is 16.3. The van der Waals surface area contributed by atoms with Crippen LogP contribution in [0.25, 0.3) is 0 Å². The van der Waals surface area contributed by atoms with Gasteiger partial charge in [0.05, 0.1) is 12.8 Å². The Kier molecular flexibility index (Phi) is 4.37. The molecule has 2 heterocycles. The Labute approximate surface area is 137 Å². The van der Waals surface area contributed by atoms with Crippen molar-refractivity contribution in [3.63, 3.8) is 0 Å². The molecule has 2 aromatic rings. The second-order valence-corrected chi connectivity index (χ2v) is 6.48. The van der Waals surface area contributed by atoms with Crippen LogP contribution in [-0.4, -0.2) is 24.5 Å². The number of pyridine rings is 1. The van der Waals surface area contributed by atoms with E-state index in [-0.39, 0.29) is 17.3 Å². The van der Waals surface area contributed by atoms with Crippen molar-refractivity contribution in [1.82, 2.24) is 4.98 Å². The van der Waals surface area contributed by atoms with E-state index in [1.54, 1.807) is 12.4 Å². The third kappa shape index (κ3) is 2.96. The van der Waals surface area contributed by atoms with Gasteiger partial charge in [0.1, 0.15) is 18.0 Å². The first-order chi connectivity index (χ1) is 11.0. The molecule has 122 valence electrons. The Morgan fingerprint density at radius 2 is 1.83 bits per heavy atom. The lowest BCUT2D eigenvalue weighted by molar-refractivity contribution is -0.395. The summed E-state index contributed by atoms with van der Waals surface area (Å²) in [6.45, 7) is 7.43. The molecular formula is C19H23NO3. The lowest BCUT2D eigenvalue weighted by Crippen LogP contribution is -2.63. The third-order valence-corrected chi connectivity index (χ3v) is 4.74. The second kappa shape index (κ2) is 6.30. The molecule has 1 aliphatic heterocycles. The minimum atomic E-state index is -0.330. The van der Waals surface area contributed by atoms with E-state index < -0.39 is 0 Å². The van der Waals surface area contributed by atoms with Gasteiger partial charge in [-0.1, -0.05) is 44.2 Å². The summed E-state index contributed by atoms with van der Waals surface area (Å²) in [7, 11) is 0. The van der Waals surface area contributed by atoms with Gasteiger partial charge in [0.25, 0.3) is 0 Å². The zero-order valence-electron chi connectivity index (χ0n) is 13.9. The molecule has 0 unspecified atom stereocenters. The highest BCUT2D eigenvalue weighted by Gasteiger charge is 2.60. The van der Waals surface area contributed by atoms with Crippen LogP contribution in [0.5, 0.6) is 5.75 Å². The minimum absolute atomic E-state index is 0.108. The fraction of sp³-hybridized carbons (Fsp3) is 0.421. The fourth-order valence-electron chi connectivity index (χ4n) is 2.87. The van der Waals surface area contributed by atoms with Crippen LogP contribution < -0.4 is 4.74 Å². The Bertz CT molecular complexity index is 630. The summed E-state index contributed by atoms with van der Waals surface area (Å²) in [5, 5.41) is 0. The number of hydrogen-bond acceptors (Lipinski definition) is 4. The summed E-state index contributed by atoms with van der Waals surface area (Å²) in [5.74, 6) is 0.749. The maximum atomic E-state index is 6.09. The molecule has 0 amide bonds. The van der Waals surface area contributed by atoms with Gasteiger partial charge in [-0.25, -0.2) is 0 Å². The van der Waals surface area contributed by atoms with Gasteiger partial charge >= 0.3 is 0 Å². The fourth-order valence-corrected chi connectivity index (χ4v) is 2.87. The van der Waals surface area contributed by atoms with Crippen LogP contribution in [0.4, 0.5) is 0 Å². The van der Waals surface area contributed by atoms with Crippen LogP contribution in [0.15, 0.2) is 54.9 Å². The number of hydrogen-bond donors (Lipinski definition) is 0. The maximum Gasteiger partial charge on any atom is 0.167 e. The van der Waals surface area contributed by atoms with Gasteiger partial charge in [0.15, 0.2) is 6.29 Å². The maximum absolute atomic E-state index is 6.09. The molecule has 0 radical (unpaired) electrons. The molecule has 4 heteroatoms.